The molecule has 2 aromatic heterocycles. The molecule has 1 unspecified atom stereocenters. The predicted octanol–water partition coefficient (Wildman–Crippen LogP) is 6.66. The van der Waals surface area contributed by atoms with Crippen molar-refractivity contribution in [3.63, 3.8) is 0 Å². The summed E-state index contributed by atoms with van der Waals surface area (Å²) < 4.78 is 16.9. The van der Waals surface area contributed by atoms with Gasteiger partial charge in [-0.05, 0) is 71.8 Å². The number of nitrogens with zero attached hydrogens (tertiary/aromatic N) is 2. The van der Waals surface area contributed by atoms with Crippen molar-refractivity contribution in [2.45, 2.75) is 19.2 Å². The van der Waals surface area contributed by atoms with Gasteiger partial charge >= 0.3 is 0 Å². The number of benzene rings is 3. The van der Waals surface area contributed by atoms with Crippen LogP contribution in [-0.4, -0.2) is 28.1 Å². The number of H-pyrrole nitrogens is 1. The Labute approximate surface area is 224 Å². The van der Waals surface area contributed by atoms with E-state index in [1.54, 1.807) is 18.3 Å². The Kier molecular flexibility index (Phi) is 6.35. The molecule has 190 valence electrons. The number of hydrogen-bond donors (Lipinski definition) is 1. The van der Waals surface area contributed by atoms with E-state index in [1.807, 2.05) is 84.9 Å². The highest BCUT2D eigenvalue weighted by Gasteiger charge is 2.42. The van der Waals surface area contributed by atoms with E-state index in [9.17, 15) is 4.79 Å². The average Bonchev–Trinajstić information content (AvgIpc) is 3.68. The Morgan fingerprint density at radius 2 is 1.71 bits per heavy atom. The number of aromatic nitrogens is 2. The number of fused-ring (bicyclic) bond motifs is 1. The first-order chi connectivity index (χ1) is 18.6. The van der Waals surface area contributed by atoms with E-state index in [4.69, 9.17) is 25.5 Å². The summed E-state index contributed by atoms with van der Waals surface area (Å²) >= 11 is 5.98. The maximum atomic E-state index is 13.6. The van der Waals surface area contributed by atoms with Crippen LogP contribution in [0, 0.1) is 0 Å². The van der Waals surface area contributed by atoms with Crippen LogP contribution in [0.1, 0.15) is 39.0 Å². The van der Waals surface area contributed by atoms with Crippen molar-refractivity contribution >= 4 is 17.5 Å². The fraction of sp³-hybridized carbons (Fsp3) is 0.133. The highest BCUT2D eigenvalue weighted by atomic mass is 35.5. The zero-order chi connectivity index (χ0) is 26.1. The minimum Gasteiger partial charge on any atom is -0.497 e. The molecular weight excluding hydrogens is 502 g/mol. The number of carbonyl (C=O) groups is 1. The Balaban J connectivity index is 1.33. The van der Waals surface area contributed by atoms with Crippen molar-refractivity contribution in [1.82, 2.24) is 15.1 Å². The van der Waals surface area contributed by atoms with Gasteiger partial charge in [-0.2, -0.15) is 5.10 Å². The third-order valence-electron chi connectivity index (χ3n) is 6.65. The van der Waals surface area contributed by atoms with Gasteiger partial charge in [-0.15, -0.1) is 0 Å². The molecule has 1 aliphatic rings. The van der Waals surface area contributed by atoms with Gasteiger partial charge in [0.2, 0.25) is 0 Å². The molecule has 7 nitrogen and oxygen atoms in total. The van der Waals surface area contributed by atoms with E-state index in [-0.39, 0.29) is 11.9 Å². The van der Waals surface area contributed by atoms with Crippen molar-refractivity contribution in [2.24, 2.45) is 0 Å². The first-order valence-electron chi connectivity index (χ1n) is 12.1. The molecule has 3 heterocycles. The van der Waals surface area contributed by atoms with Gasteiger partial charge in [0.1, 0.15) is 29.6 Å². The van der Waals surface area contributed by atoms with Gasteiger partial charge in [-0.1, -0.05) is 35.9 Å². The lowest BCUT2D eigenvalue weighted by Gasteiger charge is -2.25. The number of amides is 1. The summed E-state index contributed by atoms with van der Waals surface area (Å²) in [7, 11) is 1.63. The summed E-state index contributed by atoms with van der Waals surface area (Å²) in [6, 6.07) is 26.4. The molecule has 1 amide bonds. The highest BCUT2D eigenvalue weighted by molar-refractivity contribution is 6.30. The van der Waals surface area contributed by atoms with Gasteiger partial charge < -0.3 is 18.8 Å². The summed E-state index contributed by atoms with van der Waals surface area (Å²) in [6.07, 6.45) is 1.61. The van der Waals surface area contributed by atoms with Crippen molar-refractivity contribution < 1.29 is 18.7 Å². The Hall–Kier alpha value is -4.49. The van der Waals surface area contributed by atoms with E-state index in [2.05, 4.69) is 10.2 Å². The molecule has 6 rings (SSSR count). The van der Waals surface area contributed by atoms with Gasteiger partial charge in [0.05, 0.1) is 31.7 Å². The lowest BCUT2D eigenvalue weighted by atomic mass is 9.96. The predicted molar refractivity (Wildman–Crippen MR) is 143 cm³/mol. The largest absolute Gasteiger partial charge is 0.497 e. The quantitative estimate of drug-likeness (QED) is 0.245. The number of furan rings is 1. The minimum absolute atomic E-state index is 0.128. The SMILES string of the molecule is COc1ccc(-c2n[nH]c3c2C(c2ccc(OCc4ccc(Cl)cc4)cc2)N(Cc2ccco2)C3=O)cc1. The number of nitrogens with one attached hydrogen (secondary N) is 1. The van der Waals surface area contributed by atoms with E-state index in [1.165, 1.54) is 0 Å². The molecule has 1 N–H and O–H groups in total. The number of rotatable bonds is 8. The molecule has 38 heavy (non-hydrogen) atoms. The molecule has 3 aromatic carbocycles. The Morgan fingerprint density at radius 1 is 0.974 bits per heavy atom. The second-order valence-electron chi connectivity index (χ2n) is 8.99. The maximum Gasteiger partial charge on any atom is 0.273 e. The lowest BCUT2D eigenvalue weighted by Crippen LogP contribution is -2.28. The van der Waals surface area contributed by atoms with Crippen LogP contribution in [0.2, 0.25) is 5.02 Å². The van der Waals surface area contributed by atoms with E-state index < -0.39 is 0 Å². The lowest BCUT2D eigenvalue weighted by molar-refractivity contribution is 0.0717. The molecule has 1 aliphatic heterocycles. The number of halogens is 1. The summed E-state index contributed by atoms with van der Waals surface area (Å²) in [4.78, 5) is 15.4. The molecule has 5 aromatic rings. The third kappa shape index (κ3) is 4.53. The van der Waals surface area contributed by atoms with Gasteiger partial charge in [-0.25, -0.2) is 0 Å². The molecule has 0 aliphatic carbocycles. The molecule has 0 fully saturated rings. The van der Waals surface area contributed by atoms with Gasteiger partial charge in [0, 0.05) is 16.1 Å². The molecule has 8 heteroatoms. The minimum atomic E-state index is -0.358. The average molecular weight is 526 g/mol. The number of methoxy groups -OCH3 is 1. The van der Waals surface area contributed by atoms with Crippen molar-refractivity contribution in [3.05, 3.63) is 124 Å². The topological polar surface area (TPSA) is 80.6 Å². The van der Waals surface area contributed by atoms with Crippen molar-refractivity contribution in [1.29, 1.82) is 0 Å². The number of hydrogen-bond acceptors (Lipinski definition) is 5. The van der Waals surface area contributed by atoms with E-state index in [0.717, 1.165) is 39.4 Å². The summed E-state index contributed by atoms with van der Waals surface area (Å²) in [6.45, 7) is 0.756. The monoisotopic (exact) mass is 525 g/mol. The number of aromatic amines is 1. The van der Waals surface area contributed by atoms with Crippen LogP contribution in [0.5, 0.6) is 11.5 Å². The van der Waals surface area contributed by atoms with Crippen LogP contribution in [0.4, 0.5) is 0 Å². The second-order valence-corrected chi connectivity index (χ2v) is 9.42. The second kappa shape index (κ2) is 10.1. The van der Waals surface area contributed by atoms with Crippen LogP contribution in [0.25, 0.3) is 11.3 Å². The van der Waals surface area contributed by atoms with Crippen LogP contribution >= 0.6 is 11.6 Å². The van der Waals surface area contributed by atoms with Crippen LogP contribution in [0.15, 0.2) is 95.6 Å². The smallest absolute Gasteiger partial charge is 0.273 e. The first-order valence-corrected chi connectivity index (χ1v) is 12.5. The van der Waals surface area contributed by atoms with Crippen molar-refractivity contribution in [2.75, 3.05) is 7.11 Å². The van der Waals surface area contributed by atoms with E-state index >= 15 is 0 Å². The molecule has 0 saturated heterocycles. The molecule has 0 radical (unpaired) electrons. The highest BCUT2D eigenvalue weighted by Crippen LogP contribution is 2.44. The number of carbonyl (C=O) groups excluding carboxylic acids is 1. The van der Waals surface area contributed by atoms with Gasteiger partial charge in [0.25, 0.3) is 5.91 Å². The van der Waals surface area contributed by atoms with Crippen molar-refractivity contribution in [3.8, 4) is 22.8 Å². The summed E-state index contributed by atoms with van der Waals surface area (Å²) in [5.41, 5.74) is 4.90. The standard InChI is InChI=1S/C30H24ClN3O4/c1-36-23-12-6-20(7-13-23)27-26-28(33-32-27)30(35)34(17-25-3-2-16-37-25)29(26)21-8-14-24(15-9-21)38-18-19-4-10-22(31)11-5-19/h2-16,29H,17-18H2,1H3,(H,32,33). The maximum absolute atomic E-state index is 13.6. The summed E-state index contributed by atoms with van der Waals surface area (Å²) in [5.74, 6) is 2.06. The molecule has 0 bridgehead atoms. The zero-order valence-corrected chi connectivity index (χ0v) is 21.3. The molecule has 0 spiro atoms. The van der Waals surface area contributed by atoms with Gasteiger partial charge in [0.15, 0.2) is 0 Å². The normalized spacial score (nSPS) is 14.5. The molecule has 0 saturated carbocycles. The molecule has 1 atom stereocenters. The number of ether oxygens (including phenoxy) is 2. The molecular formula is C30H24ClN3O4. The first kappa shape index (κ1) is 23.9. The zero-order valence-electron chi connectivity index (χ0n) is 20.6. The third-order valence-corrected chi connectivity index (χ3v) is 6.90. The summed E-state index contributed by atoms with van der Waals surface area (Å²) in [5, 5.41) is 8.22. The van der Waals surface area contributed by atoms with Crippen LogP contribution < -0.4 is 9.47 Å². The van der Waals surface area contributed by atoms with E-state index in [0.29, 0.717) is 29.6 Å². The Bertz CT molecular complexity index is 1540. The van der Waals surface area contributed by atoms with Gasteiger partial charge in [-0.3, -0.25) is 9.89 Å². The Morgan fingerprint density at radius 3 is 2.39 bits per heavy atom. The fourth-order valence-corrected chi connectivity index (χ4v) is 4.87. The van der Waals surface area contributed by atoms with Crippen LogP contribution in [-0.2, 0) is 13.2 Å². The fourth-order valence-electron chi connectivity index (χ4n) is 4.74. The van der Waals surface area contributed by atoms with Crippen LogP contribution in [0.3, 0.4) is 0 Å².